The predicted molar refractivity (Wildman–Crippen MR) is 53.4 cm³/mol. The molecule has 3 nitrogen and oxygen atoms in total. The molecule has 0 saturated carbocycles. The SMILES string of the molecule is CS/C(=C\c1cccnc1)C(=O)O. The molecule has 1 aromatic rings. The standard InChI is InChI=1S/C9H9NO2S/c1-13-8(9(11)12)5-7-3-2-4-10-6-7/h2-6H,1H3,(H,11,12)/b8-5-. The average molecular weight is 195 g/mol. The molecule has 1 heterocycles. The van der Waals surface area contributed by atoms with E-state index in [9.17, 15) is 4.79 Å². The zero-order valence-electron chi connectivity index (χ0n) is 7.10. The van der Waals surface area contributed by atoms with Gasteiger partial charge in [-0.25, -0.2) is 4.79 Å². The lowest BCUT2D eigenvalue weighted by Gasteiger charge is -1.96. The molecular weight excluding hydrogens is 186 g/mol. The van der Waals surface area contributed by atoms with Crippen molar-refractivity contribution >= 4 is 23.8 Å². The Hall–Kier alpha value is -1.29. The lowest BCUT2D eigenvalue weighted by atomic mass is 10.2. The highest BCUT2D eigenvalue weighted by Gasteiger charge is 2.04. The van der Waals surface area contributed by atoms with Gasteiger partial charge in [-0.3, -0.25) is 4.98 Å². The molecule has 1 rings (SSSR count). The van der Waals surface area contributed by atoms with Gasteiger partial charge < -0.3 is 5.11 Å². The predicted octanol–water partition coefficient (Wildman–Crippen LogP) is 1.87. The molecule has 0 spiro atoms. The molecule has 0 radical (unpaired) electrons. The van der Waals surface area contributed by atoms with Crippen molar-refractivity contribution in [2.24, 2.45) is 0 Å². The monoisotopic (exact) mass is 195 g/mol. The fourth-order valence-electron chi connectivity index (χ4n) is 0.821. The largest absolute Gasteiger partial charge is 0.477 e. The van der Waals surface area contributed by atoms with Gasteiger partial charge in [-0.15, -0.1) is 11.8 Å². The Morgan fingerprint density at radius 3 is 2.92 bits per heavy atom. The van der Waals surface area contributed by atoms with E-state index in [1.165, 1.54) is 11.8 Å². The molecule has 1 aromatic heterocycles. The zero-order valence-corrected chi connectivity index (χ0v) is 7.91. The van der Waals surface area contributed by atoms with Gasteiger partial charge in [-0.05, 0) is 24.0 Å². The summed E-state index contributed by atoms with van der Waals surface area (Å²) in [6.45, 7) is 0. The van der Waals surface area contributed by atoms with E-state index in [-0.39, 0.29) is 0 Å². The summed E-state index contributed by atoms with van der Waals surface area (Å²) in [4.78, 5) is 14.8. The summed E-state index contributed by atoms with van der Waals surface area (Å²) in [5.74, 6) is -0.906. The average Bonchev–Trinajstić information content (AvgIpc) is 2.15. The molecule has 0 atom stereocenters. The summed E-state index contributed by atoms with van der Waals surface area (Å²) in [6.07, 6.45) is 6.60. The Morgan fingerprint density at radius 1 is 1.69 bits per heavy atom. The molecule has 1 N–H and O–H groups in total. The highest BCUT2D eigenvalue weighted by Crippen LogP contribution is 2.15. The summed E-state index contributed by atoms with van der Waals surface area (Å²) in [5.41, 5.74) is 0.800. The second-order valence-corrected chi connectivity index (χ2v) is 3.15. The summed E-state index contributed by atoms with van der Waals surface area (Å²) in [5, 5.41) is 8.73. The van der Waals surface area contributed by atoms with Crippen LogP contribution >= 0.6 is 11.8 Å². The molecule has 0 fully saturated rings. The lowest BCUT2D eigenvalue weighted by molar-refractivity contribution is -0.131. The van der Waals surface area contributed by atoms with Gasteiger partial charge in [0.05, 0.1) is 4.91 Å². The molecule has 0 aromatic carbocycles. The third kappa shape index (κ3) is 2.91. The smallest absolute Gasteiger partial charge is 0.342 e. The van der Waals surface area contributed by atoms with E-state index < -0.39 is 5.97 Å². The van der Waals surface area contributed by atoms with Crippen molar-refractivity contribution in [2.75, 3.05) is 6.26 Å². The van der Waals surface area contributed by atoms with Crippen LogP contribution in [-0.4, -0.2) is 22.3 Å². The number of aromatic nitrogens is 1. The van der Waals surface area contributed by atoms with Crippen molar-refractivity contribution in [1.29, 1.82) is 0 Å². The molecule has 13 heavy (non-hydrogen) atoms. The molecule has 0 aliphatic heterocycles. The summed E-state index contributed by atoms with van der Waals surface area (Å²) in [7, 11) is 0. The van der Waals surface area contributed by atoms with Crippen molar-refractivity contribution in [3.63, 3.8) is 0 Å². The number of carboxylic acid groups (broad SMARTS) is 1. The maximum Gasteiger partial charge on any atom is 0.342 e. The van der Waals surface area contributed by atoms with Gasteiger partial charge in [0.15, 0.2) is 0 Å². The topological polar surface area (TPSA) is 50.2 Å². The Balaban J connectivity index is 2.92. The highest BCUT2D eigenvalue weighted by molar-refractivity contribution is 8.03. The van der Waals surface area contributed by atoms with Crippen LogP contribution in [0, 0.1) is 0 Å². The first-order valence-electron chi connectivity index (χ1n) is 3.63. The molecular formula is C9H9NO2S. The molecule has 0 unspecified atom stereocenters. The number of nitrogens with zero attached hydrogens (tertiary/aromatic N) is 1. The third-order valence-electron chi connectivity index (χ3n) is 1.41. The molecule has 0 aliphatic carbocycles. The maximum absolute atomic E-state index is 10.6. The quantitative estimate of drug-likeness (QED) is 0.748. The van der Waals surface area contributed by atoms with E-state index >= 15 is 0 Å². The first-order chi connectivity index (χ1) is 6.24. The normalized spacial score (nSPS) is 11.3. The van der Waals surface area contributed by atoms with Crippen molar-refractivity contribution in [1.82, 2.24) is 4.98 Å². The number of aliphatic carboxylic acids is 1. The number of pyridine rings is 1. The fraction of sp³-hybridized carbons (Fsp3) is 0.111. The Kier molecular flexibility index (Phi) is 3.52. The van der Waals surface area contributed by atoms with E-state index in [1.54, 1.807) is 30.8 Å². The van der Waals surface area contributed by atoms with Crippen molar-refractivity contribution in [2.45, 2.75) is 0 Å². The Labute approximate surface area is 80.5 Å². The van der Waals surface area contributed by atoms with E-state index in [2.05, 4.69) is 4.98 Å². The van der Waals surface area contributed by atoms with Crippen LogP contribution in [0.1, 0.15) is 5.56 Å². The van der Waals surface area contributed by atoms with E-state index in [4.69, 9.17) is 5.11 Å². The minimum atomic E-state index is -0.906. The van der Waals surface area contributed by atoms with Crippen LogP contribution in [-0.2, 0) is 4.79 Å². The minimum Gasteiger partial charge on any atom is -0.477 e. The highest BCUT2D eigenvalue weighted by atomic mass is 32.2. The van der Waals surface area contributed by atoms with Crippen LogP contribution in [0.4, 0.5) is 0 Å². The number of hydrogen-bond donors (Lipinski definition) is 1. The number of carboxylic acids is 1. The zero-order chi connectivity index (χ0) is 9.68. The second kappa shape index (κ2) is 4.67. The summed E-state index contributed by atoms with van der Waals surface area (Å²) in [6, 6.07) is 3.58. The second-order valence-electron chi connectivity index (χ2n) is 2.30. The van der Waals surface area contributed by atoms with Gasteiger partial charge in [0.25, 0.3) is 0 Å². The van der Waals surface area contributed by atoms with Crippen LogP contribution < -0.4 is 0 Å². The van der Waals surface area contributed by atoms with Crippen LogP contribution in [0.3, 0.4) is 0 Å². The first kappa shape index (κ1) is 9.80. The van der Waals surface area contributed by atoms with Crippen molar-refractivity contribution < 1.29 is 9.90 Å². The minimum absolute atomic E-state index is 0.313. The van der Waals surface area contributed by atoms with Crippen LogP contribution in [0.2, 0.25) is 0 Å². The summed E-state index contributed by atoms with van der Waals surface area (Å²) < 4.78 is 0. The van der Waals surface area contributed by atoms with Gasteiger partial charge in [-0.1, -0.05) is 6.07 Å². The van der Waals surface area contributed by atoms with Crippen molar-refractivity contribution in [3.05, 3.63) is 35.0 Å². The molecule has 0 bridgehead atoms. The summed E-state index contributed by atoms with van der Waals surface area (Å²) >= 11 is 1.21. The number of rotatable bonds is 3. The first-order valence-corrected chi connectivity index (χ1v) is 4.85. The van der Waals surface area contributed by atoms with Crippen molar-refractivity contribution in [3.8, 4) is 0 Å². The molecule has 0 aliphatic rings. The fourth-order valence-corrected chi connectivity index (χ4v) is 1.25. The lowest BCUT2D eigenvalue weighted by Crippen LogP contribution is -1.95. The molecule has 68 valence electrons. The van der Waals surface area contributed by atoms with Crippen LogP contribution in [0.25, 0.3) is 6.08 Å². The number of hydrogen-bond acceptors (Lipinski definition) is 3. The van der Waals surface area contributed by atoms with E-state index in [0.29, 0.717) is 4.91 Å². The van der Waals surface area contributed by atoms with Gasteiger partial charge in [0.1, 0.15) is 0 Å². The van der Waals surface area contributed by atoms with Crippen LogP contribution in [0.5, 0.6) is 0 Å². The molecule has 4 heteroatoms. The number of thioether (sulfide) groups is 1. The van der Waals surface area contributed by atoms with Crippen LogP contribution in [0.15, 0.2) is 29.4 Å². The Bertz CT molecular complexity index is 322. The van der Waals surface area contributed by atoms with Gasteiger partial charge in [-0.2, -0.15) is 0 Å². The van der Waals surface area contributed by atoms with E-state index in [1.807, 2.05) is 6.07 Å². The Morgan fingerprint density at radius 2 is 2.46 bits per heavy atom. The molecule has 0 saturated heterocycles. The number of carbonyl (C=O) groups is 1. The maximum atomic E-state index is 10.6. The molecule has 0 amide bonds. The third-order valence-corrected chi connectivity index (χ3v) is 2.15. The van der Waals surface area contributed by atoms with Gasteiger partial charge >= 0.3 is 5.97 Å². The van der Waals surface area contributed by atoms with E-state index in [0.717, 1.165) is 5.56 Å². The van der Waals surface area contributed by atoms with Gasteiger partial charge in [0.2, 0.25) is 0 Å². The van der Waals surface area contributed by atoms with Gasteiger partial charge in [0, 0.05) is 12.4 Å².